The first-order valence-electron chi connectivity index (χ1n) is 9.79. The fraction of sp³-hybridized carbons (Fsp3) is 0.455. The molecular formula is C22H27N3O4. The SMILES string of the molecule is C[C@@H](OC(=O)c1c2c(nc3ccccc13)CC[C@@H](C(C)(C)C)C2)C(=O)NC(N)=O. The van der Waals surface area contributed by atoms with E-state index in [4.69, 9.17) is 15.5 Å². The van der Waals surface area contributed by atoms with Crippen molar-refractivity contribution in [2.45, 2.75) is 53.1 Å². The Kier molecular flexibility index (Phi) is 5.59. The molecular weight excluding hydrogens is 370 g/mol. The van der Waals surface area contributed by atoms with Gasteiger partial charge in [-0.3, -0.25) is 15.1 Å². The Morgan fingerprint density at radius 3 is 2.59 bits per heavy atom. The van der Waals surface area contributed by atoms with E-state index >= 15 is 0 Å². The lowest BCUT2D eigenvalue weighted by Crippen LogP contribution is -2.42. The quantitative estimate of drug-likeness (QED) is 0.773. The number of aromatic nitrogens is 1. The summed E-state index contributed by atoms with van der Waals surface area (Å²) in [6, 6.07) is 6.44. The summed E-state index contributed by atoms with van der Waals surface area (Å²) in [6.45, 7) is 8.01. The summed E-state index contributed by atoms with van der Waals surface area (Å²) in [5.41, 5.74) is 8.05. The molecule has 3 amide bonds. The summed E-state index contributed by atoms with van der Waals surface area (Å²) >= 11 is 0. The molecule has 0 unspecified atom stereocenters. The van der Waals surface area contributed by atoms with E-state index in [1.54, 1.807) is 0 Å². The zero-order valence-corrected chi connectivity index (χ0v) is 17.2. The maximum atomic E-state index is 13.1. The van der Waals surface area contributed by atoms with Crippen molar-refractivity contribution in [1.82, 2.24) is 10.3 Å². The molecule has 3 N–H and O–H groups in total. The maximum Gasteiger partial charge on any atom is 0.339 e. The highest BCUT2D eigenvalue weighted by Gasteiger charge is 2.33. The van der Waals surface area contributed by atoms with Gasteiger partial charge in [-0.25, -0.2) is 9.59 Å². The average Bonchev–Trinajstić information content (AvgIpc) is 2.64. The molecule has 3 rings (SSSR count). The van der Waals surface area contributed by atoms with E-state index in [1.165, 1.54) is 6.92 Å². The first kappa shape index (κ1) is 20.8. The molecule has 0 fully saturated rings. The number of carbonyl (C=O) groups excluding carboxylic acids is 3. The fourth-order valence-corrected chi connectivity index (χ4v) is 3.86. The maximum absolute atomic E-state index is 13.1. The lowest BCUT2D eigenvalue weighted by Gasteiger charge is -2.35. The number of primary amides is 1. The molecule has 0 bridgehead atoms. The highest BCUT2D eigenvalue weighted by atomic mass is 16.5. The van der Waals surface area contributed by atoms with Crippen LogP contribution in [0.15, 0.2) is 24.3 Å². The smallest absolute Gasteiger partial charge is 0.339 e. The number of nitrogens with one attached hydrogen (secondary N) is 1. The van der Waals surface area contributed by atoms with E-state index in [0.717, 1.165) is 36.0 Å². The number of rotatable bonds is 3. The lowest BCUT2D eigenvalue weighted by atomic mass is 9.70. The third-order valence-corrected chi connectivity index (χ3v) is 5.59. The number of pyridine rings is 1. The van der Waals surface area contributed by atoms with Crippen LogP contribution in [0.1, 0.15) is 55.7 Å². The average molecular weight is 397 g/mol. The van der Waals surface area contributed by atoms with Gasteiger partial charge in [0.25, 0.3) is 5.91 Å². The Morgan fingerprint density at radius 1 is 1.24 bits per heavy atom. The van der Waals surface area contributed by atoms with Crippen molar-refractivity contribution in [2.24, 2.45) is 17.1 Å². The molecule has 1 aliphatic carbocycles. The van der Waals surface area contributed by atoms with Crippen molar-refractivity contribution >= 4 is 28.8 Å². The first-order chi connectivity index (χ1) is 13.6. The number of hydrogen-bond acceptors (Lipinski definition) is 5. The van der Waals surface area contributed by atoms with E-state index in [-0.39, 0.29) is 5.41 Å². The summed E-state index contributed by atoms with van der Waals surface area (Å²) in [5.74, 6) is -0.952. The highest BCUT2D eigenvalue weighted by Crippen LogP contribution is 2.39. The monoisotopic (exact) mass is 397 g/mol. The number of para-hydroxylation sites is 1. The lowest BCUT2D eigenvalue weighted by molar-refractivity contribution is -0.127. The number of imide groups is 1. The van der Waals surface area contributed by atoms with Crippen molar-refractivity contribution in [2.75, 3.05) is 0 Å². The minimum Gasteiger partial charge on any atom is -0.449 e. The van der Waals surface area contributed by atoms with Crippen molar-refractivity contribution in [3.63, 3.8) is 0 Å². The number of esters is 1. The van der Waals surface area contributed by atoms with E-state index in [2.05, 4.69) is 20.8 Å². The van der Waals surface area contributed by atoms with Crippen LogP contribution < -0.4 is 11.1 Å². The molecule has 0 saturated heterocycles. The molecule has 2 atom stereocenters. The van der Waals surface area contributed by atoms with Gasteiger partial charge in [0.05, 0.1) is 11.1 Å². The number of hydrogen-bond donors (Lipinski definition) is 2. The van der Waals surface area contributed by atoms with Crippen LogP contribution in [0.5, 0.6) is 0 Å². The molecule has 7 nitrogen and oxygen atoms in total. The van der Waals surface area contributed by atoms with Gasteiger partial charge in [-0.15, -0.1) is 0 Å². The number of ether oxygens (including phenoxy) is 1. The van der Waals surface area contributed by atoms with Gasteiger partial charge in [0.15, 0.2) is 6.10 Å². The number of aryl methyl sites for hydroxylation is 1. The van der Waals surface area contributed by atoms with Crippen LogP contribution in [0.25, 0.3) is 10.9 Å². The number of benzene rings is 1. The molecule has 0 aliphatic heterocycles. The zero-order valence-electron chi connectivity index (χ0n) is 17.2. The second kappa shape index (κ2) is 7.81. The number of nitrogens with two attached hydrogens (primary N) is 1. The van der Waals surface area contributed by atoms with Crippen LogP contribution >= 0.6 is 0 Å². The number of urea groups is 1. The van der Waals surface area contributed by atoms with E-state index in [9.17, 15) is 14.4 Å². The molecule has 0 saturated carbocycles. The minimum atomic E-state index is -1.15. The Labute approximate surface area is 170 Å². The fourth-order valence-electron chi connectivity index (χ4n) is 3.86. The third-order valence-electron chi connectivity index (χ3n) is 5.59. The molecule has 2 aromatic rings. The van der Waals surface area contributed by atoms with E-state index in [1.807, 2.05) is 29.6 Å². The van der Waals surface area contributed by atoms with Crippen molar-refractivity contribution in [1.29, 1.82) is 0 Å². The molecule has 7 heteroatoms. The van der Waals surface area contributed by atoms with Crippen molar-refractivity contribution in [3.8, 4) is 0 Å². The molecule has 0 radical (unpaired) electrons. The molecule has 1 heterocycles. The molecule has 1 aliphatic rings. The molecule has 29 heavy (non-hydrogen) atoms. The van der Waals surface area contributed by atoms with Crippen LogP contribution in [0.4, 0.5) is 4.79 Å². The summed E-state index contributed by atoms with van der Waals surface area (Å²) in [4.78, 5) is 40.8. The van der Waals surface area contributed by atoms with Gasteiger partial charge in [-0.2, -0.15) is 0 Å². The Hall–Kier alpha value is -2.96. The normalized spacial score (nSPS) is 17.3. The third kappa shape index (κ3) is 4.39. The van der Waals surface area contributed by atoms with Crippen molar-refractivity contribution in [3.05, 3.63) is 41.1 Å². The van der Waals surface area contributed by atoms with Gasteiger partial charge in [0.1, 0.15) is 0 Å². The molecule has 154 valence electrons. The summed E-state index contributed by atoms with van der Waals surface area (Å²) in [5, 5.41) is 2.64. The van der Waals surface area contributed by atoms with Crippen LogP contribution in [0, 0.1) is 11.3 Å². The predicted octanol–water partition coefficient (Wildman–Crippen LogP) is 3.13. The number of amides is 3. The van der Waals surface area contributed by atoms with Crippen LogP contribution in [-0.2, 0) is 22.4 Å². The van der Waals surface area contributed by atoms with Gasteiger partial charge in [-0.05, 0) is 49.1 Å². The second-order valence-electron chi connectivity index (χ2n) is 8.64. The van der Waals surface area contributed by atoms with Gasteiger partial charge < -0.3 is 10.5 Å². The van der Waals surface area contributed by atoms with Crippen molar-refractivity contribution < 1.29 is 19.1 Å². The largest absolute Gasteiger partial charge is 0.449 e. The van der Waals surface area contributed by atoms with E-state index < -0.39 is 24.0 Å². The Morgan fingerprint density at radius 2 is 1.93 bits per heavy atom. The second-order valence-corrected chi connectivity index (χ2v) is 8.64. The topological polar surface area (TPSA) is 111 Å². The van der Waals surface area contributed by atoms with E-state index in [0.29, 0.717) is 16.9 Å². The van der Waals surface area contributed by atoms with Gasteiger partial charge >= 0.3 is 12.0 Å². The standard InChI is InChI=1S/C22H27N3O4/c1-12(19(26)25-21(23)28)29-20(27)18-14-7-5-6-8-16(14)24-17-10-9-13(11-15(17)18)22(2,3)4/h5-8,12-13H,9-11H2,1-4H3,(H3,23,25,26,28)/t12-,13-/m1/s1. The summed E-state index contributed by atoms with van der Waals surface area (Å²) in [6.07, 6.45) is 1.37. The first-order valence-corrected chi connectivity index (χ1v) is 9.79. The van der Waals surface area contributed by atoms with Crippen LogP contribution in [0.3, 0.4) is 0 Å². The summed E-state index contributed by atoms with van der Waals surface area (Å²) in [7, 11) is 0. The zero-order chi connectivity index (χ0) is 21.3. The van der Waals surface area contributed by atoms with Crippen LogP contribution in [0.2, 0.25) is 0 Å². The molecule has 1 aromatic heterocycles. The van der Waals surface area contributed by atoms with Crippen LogP contribution in [-0.4, -0.2) is 29.0 Å². The molecule has 0 spiro atoms. The summed E-state index contributed by atoms with van der Waals surface area (Å²) < 4.78 is 5.41. The Bertz CT molecular complexity index is 978. The number of carbonyl (C=O) groups is 3. The highest BCUT2D eigenvalue weighted by molar-refractivity contribution is 6.06. The predicted molar refractivity (Wildman–Crippen MR) is 109 cm³/mol. The van der Waals surface area contributed by atoms with Gasteiger partial charge in [-0.1, -0.05) is 39.0 Å². The minimum absolute atomic E-state index is 0.0964. The molecule has 1 aromatic carbocycles. The number of nitrogens with zero attached hydrogens (tertiary/aromatic N) is 1. The Balaban J connectivity index is 2.02. The van der Waals surface area contributed by atoms with Gasteiger partial charge in [0, 0.05) is 11.1 Å². The van der Waals surface area contributed by atoms with Gasteiger partial charge in [0.2, 0.25) is 0 Å². The number of fused-ring (bicyclic) bond motifs is 2.